The van der Waals surface area contributed by atoms with Crippen molar-refractivity contribution in [2.75, 3.05) is 44.2 Å². The molecule has 1 aromatic heterocycles. The number of nitrogens with zero attached hydrogens (tertiary/aromatic N) is 4. The van der Waals surface area contributed by atoms with Crippen LogP contribution in [0.1, 0.15) is 32.4 Å². The summed E-state index contributed by atoms with van der Waals surface area (Å²) in [5.74, 6) is 1.10. The number of carbonyl (C=O) groups is 1. The predicted molar refractivity (Wildman–Crippen MR) is 92.5 cm³/mol. The van der Waals surface area contributed by atoms with E-state index < -0.39 is 0 Å². The fourth-order valence-corrected chi connectivity index (χ4v) is 2.95. The van der Waals surface area contributed by atoms with E-state index in [1.54, 1.807) is 6.20 Å². The average molecular weight is 319 g/mol. The first-order valence-corrected chi connectivity index (χ1v) is 8.68. The summed E-state index contributed by atoms with van der Waals surface area (Å²) in [7, 11) is 0. The molecule has 0 radical (unpaired) electrons. The van der Waals surface area contributed by atoms with E-state index in [1.165, 1.54) is 0 Å². The Labute approximate surface area is 139 Å². The van der Waals surface area contributed by atoms with Gasteiger partial charge < -0.3 is 15.1 Å². The minimum absolute atomic E-state index is 0.118. The van der Waals surface area contributed by atoms with Gasteiger partial charge in [-0.25, -0.2) is 9.97 Å². The van der Waals surface area contributed by atoms with Crippen molar-refractivity contribution in [3.8, 4) is 0 Å². The highest BCUT2D eigenvalue weighted by molar-refractivity contribution is 5.78. The van der Waals surface area contributed by atoms with Gasteiger partial charge in [0.25, 0.3) is 0 Å². The molecule has 0 unspecified atom stereocenters. The molecule has 1 aliphatic rings. The lowest BCUT2D eigenvalue weighted by molar-refractivity contribution is -0.125. The molecular formula is C17H29N5O. The van der Waals surface area contributed by atoms with Gasteiger partial charge in [0, 0.05) is 44.0 Å². The van der Waals surface area contributed by atoms with E-state index in [0.717, 1.165) is 63.8 Å². The predicted octanol–water partition coefficient (Wildman–Crippen LogP) is 1.46. The maximum atomic E-state index is 12.3. The van der Waals surface area contributed by atoms with Crippen molar-refractivity contribution in [3.63, 3.8) is 0 Å². The van der Waals surface area contributed by atoms with Gasteiger partial charge in [0.15, 0.2) is 0 Å². The van der Waals surface area contributed by atoms with Crippen molar-refractivity contribution in [1.29, 1.82) is 0 Å². The van der Waals surface area contributed by atoms with Gasteiger partial charge in [-0.2, -0.15) is 0 Å². The fraction of sp³-hybridized carbons (Fsp3) is 0.706. The molecule has 6 heteroatoms. The van der Waals surface area contributed by atoms with Crippen molar-refractivity contribution in [2.24, 2.45) is 5.92 Å². The Kier molecular flexibility index (Phi) is 6.77. The topological polar surface area (TPSA) is 61.4 Å². The number of rotatable bonds is 7. The third-order valence-corrected chi connectivity index (χ3v) is 4.55. The summed E-state index contributed by atoms with van der Waals surface area (Å²) in [5, 5.41) is 3.08. The Hall–Kier alpha value is -1.69. The van der Waals surface area contributed by atoms with Gasteiger partial charge in [0.05, 0.1) is 0 Å². The first-order chi connectivity index (χ1) is 11.1. The van der Waals surface area contributed by atoms with Crippen LogP contribution >= 0.6 is 0 Å². The molecule has 2 heterocycles. The minimum atomic E-state index is 0.118. The van der Waals surface area contributed by atoms with Crippen molar-refractivity contribution >= 4 is 11.9 Å². The number of amides is 1. The number of aromatic nitrogens is 2. The average Bonchev–Trinajstić information content (AvgIpc) is 2.59. The standard InChI is InChI=1S/C17H29N5O/c1-4-21(5-2)13-10-18-16(23)15-7-11-22(12-8-15)17-19-9-6-14(3)20-17/h6,9,15H,4-5,7-8,10-13H2,1-3H3,(H,18,23). The maximum absolute atomic E-state index is 12.3. The summed E-state index contributed by atoms with van der Waals surface area (Å²) in [6, 6.07) is 1.90. The van der Waals surface area contributed by atoms with Gasteiger partial charge in [-0.15, -0.1) is 0 Å². The summed E-state index contributed by atoms with van der Waals surface area (Å²) < 4.78 is 0. The first kappa shape index (κ1) is 17.7. The third-order valence-electron chi connectivity index (χ3n) is 4.55. The lowest BCUT2D eigenvalue weighted by atomic mass is 9.96. The summed E-state index contributed by atoms with van der Waals surface area (Å²) in [5.41, 5.74) is 0.978. The van der Waals surface area contributed by atoms with Crippen LogP contribution in [-0.4, -0.2) is 60.0 Å². The summed E-state index contributed by atoms with van der Waals surface area (Å²) in [6.07, 6.45) is 3.53. The van der Waals surface area contributed by atoms with E-state index in [1.807, 2.05) is 13.0 Å². The highest BCUT2D eigenvalue weighted by Crippen LogP contribution is 2.20. The summed E-state index contributed by atoms with van der Waals surface area (Å²) >= 11 is 0. The van der Waals surface area contributed by atoms with Gasteiger partial charge in [0.2, 0.25) is 11.9 Å². The Morgan fingerprint density at radius 2 is 2.04 bits per heavy atom. The lowest BCUT2D eigenvalue weighted by Crippen LogP contribution is -2.43. The van der Waals surface area contributed by atoms with E-state index in [2.05, 4.69) is 38.9 Å². The number of hydrogen-bond donors (Lipinski definition) is 1. The molecule has 0 bridgehead atoms. The molecule has 2 rings (SSSR count). The molecule has 6 nitrogen and oxygen atoms in total. The second-order valence-corrected chi connectivity index (χ2v) is 6.08. The van der Waals surface area contributed by atoms with Crippen molar-refractivity contribution < 1.29 is 4.79 Å². The van der Waals surface area contributed by atoms with Gasteiger partial charge in [0.1, 0.15) is 0 Å². The second kappa shape index (κ2) is 8.82. The number of piperidine rings is 1. The van der Waals surface area contributed by atoms with Crippen LogP contribution in [0.3, 0.4) is 0 Å². The van der Waals surface area contributed by atoms with E-state index in [4.69, 9.17) is 0 Å². The van der Waals surface area contributed by atoms with Gasteiger partial charge >= 0.3 is 0 Å². The number of anilines is 1. The molecule has 1 aromatic rings. The number of carbonyl (C=O) groups excluding carboxylic acids is 1. The third kappa shape index (κ3) is 5.16. The molecule has 1 N–H and O–H groups in total. The summed E-state index contributed by atoms with van der Waals surface area (Å²) in [4.78, 5) is 25.6. The molecule has 0 atom stereocenters. The molecule has 1 fully saturated rings. The summed E-state index contributed by atoms with van der Waals surface area (Å²) in [6.45, 7) is 11.7. The largest absolute Gasteiger partial charge is 0.355 e. The first-order valence-electron chi connectivity index (χ1n) is 8.68. The highest BCUT2D eigenvalue weighted by Gasteiger charge is 2.25. The SMILES string of the molecule is CCN(CC)CCNC(=O)C1CCN(c2nccc(C)n2)CC1. The van der Waals surface area contributed by atoms with Crippen LogP contribution in [-0.2, 0) is 4.79 Å². The van der Waals surface area contributed by atoms with Crippen LogP contribution in [0, 0.1) is 12.8 Å². The molecule has 0 spiro atoms. The van der Waals surface area contributed by atoms with Crippen LogP contribution in [0.2, 0.25) is 0 Å². The Bertz CT molecular complexity index is 496. The van der Waals surface area contributed by atoms with Crippen LogP contribution in [0.25, 0.3) is 0 Å². The normalized spacial score (nSPS) is 15.9. The Morgan fingerprint density at radius 3 is 2.65 bits per heavy atom. The Balaban J connectivity index is 1.74. The molecular weight excluding hydrogens is 290 g/mol. The lowest BCUT2D eigenvalue weighted by Gasteiger charge is -2.31. The molecule has 1 amide bonds. The van der Waals surface area contributed by atoms with Gasteiger partial charge in [-0.05, 0) is 38.9 Å². The highest BCUT2D eigenvalue weighted by atomic mass is 16.1. The molecule has 0 aliphatic carbocycles. The number of nitrogens with one attached hydrogen (secondary N) is 1. The molecule has 128 valence electrons. The number of aryl methyl sites for hydroxylation is 1. The van der Waals surface area contributed by atoms with Gasteiger partial charge in [-0.3, -0.25) is 4.79 Å². The fourth-order valence-electron chi connectivity index (χ4n) is 2.95. The number of likely N-dealkylation sites (N-methyl/N-ethyl adjacent to an activating group) is 1. The minimum Gasteiger partial charge on any atom is -0.355 e. The molecule has 1 aliphatic heterocycles. The molecule has 1 saturated heterocycles. The second-order valence-electron chi connectivity index (χ2n) is 6.08. The van der Waals surface area contributed by atoms with E-state index >= 15 is 0 Å². The van der Waals surface area contributed by atoms with Gasteiger partial charge in [-0.1, -0.05) is 13.8 Å². The van der Waals surface area contributed by atoms with Crippen LogP contribution in [0.5, 0.6) is 0 Å². The molecule has 0 saturated carbocycles. The zero-order chi connectivity index (χ0) is 16.7. The quantitative estimate of drug-likeness (QED) is 0.824. The van der Waals surface area contributed by atoms with Crippen LogP contribution in [0.15, 0.2) is 12.3 Å². The molecule has 23 heavy (non-hydrogen) atoms. The van der Waals surface area contributed by atoms with Crippen LogP contribution < -0.4 is 10.2 Å². The van der Waals surface area contributed by atoms with Crippen molar-refractivity contribution in [2.45, 2.75) is 33.6 Å². The number of hydrogen-bond acceptors (Lipinski definition) is 5. The smallest absolute Gasteiger partial charge is 0.225 e. The Morgan fingerprint density at radius 1 is 1.35 bits per heavy atom. The molecule has 0 aromatic carbocycles. The zero-order valence-electron chi connectivity index (χ0n) is 14.6. The maximum Gasteiger partial charge on any atom is 0.225 e. The van der Waals surface area contributed by atoms with E-state index in [9.17, 15) is 4.79 Å². The van der Waals surface area contributed by atoms with Crippen molar-refractivity contribution in [1.82, 2.24) is 20.2 Å². The van der Waals surface area contributed by atoms with E-state index in [0.29, 0.717) is 0 Å². The monoisotopic (exact) mass is 319 g/mol. The van der Waals surface area contributed by atoms with Crippen LogP contribution in [0.4, 0.5) is 5.95 Å². The van der Waals surface area contributed by atoms with E-state index in [-0.39, 0.29) is 11.8 Å². The van der Waals surface area contributed by atoms with Crippen molar-refractivity contribution in [3.05, 3.63) is 18.0 Å². The zero-order valence-corrected chi connectivity index (χ0v) is 14.6.